The standard InChI is InChI=1S/C20H23NO5S/c1-14(22)21-12-11-17-8-9-19(27-17)18(23)13-26-20(24)10-5-15-3-6-16(25-2)7-4-15/h3-4,6-9H,5,10-13H2,1-2H3,(H,21,22). The molecule has 0 atom stereocenters. The number of amides is 1. The van der Waals surface area contributed by atoms with Crippen molar-refractivity contribution in [3.63, 3.8) is 0 Å². The van der Waals surface area contributed by atoms with Crippen LogP contribution in [0.4, 0.5) is 0 Å². The maximum Gasteiger partial charge on any atom is 0.306 e. The maximum atomic E-state index is 12.1. The first kappa shape index (κ1) is 20.6. The molecule has 1 aromatic carbocycles. The molecule has 0 fully saturated rings. The number of nitrogens with one attached hydrogen (secondary N) is 1. The van der Waals surface area contributed by atoms with E-state index in [1.54, 1.807) is 13.2 Å². The fourth-order valence-corrected chi connectivity index (χ4v) is 3.28. The monoisotopic (exact) mass is 389 g/mol. The average Bonchev–Trinajstić information content (AvgIpc) is 3.13. The molecule has 1 heterocycles. The summed E-state index contributed by atoms with van der Waals surface area (Å²) in [6.45, 7) is 1.74. The molecule has 0 aliphatic heterocycles. The number of aryl methyl sites for hydroxylation is 1. The summed E-state index contributed by atoms with van der Waals surface area (Å²) < 4.78 is 10.2. The number of ketones is 1. The number of hydrogen-bond donors (Lipinski definition) is 1. The molecule has 0 unspecified atom stereocenters. The van der Waals surface area contributed by atoms with Crippen molar-refractivity contribution in [2.75, 3.05) is 20.3 Å². The molecule has 1 aromatic heterocycles. The molecule has 2 aromatic rings. The zero-order valence-corrected chi connectivity index (χ0v) is 16.3. The van der Waals surface area contributed by atoms with E-state index in [-0.39, 0.29) is 24.7 Å². The van der Waals surface area contributed by atoms with E-state index in [0.717, 1.165) is 16.2 Å². The summed E-state index contributed by atoms with van der Waals surface area (Å²) in [4.78, 5) is 36.4. The molecule has 144 valence electrons. The van der Waals surface area contributed by atoms with Crippen LogP contribution in [0.3, 0.4) is 0 Å². The Balaban J connectivity index is 1.71. The topological polar surface area (TPSA) is 81.7 Å². The Hall–Kier alpha value is -2.67. The van der Waals surface area contributed by atoms with Crippen molar-refractivity contribution in [1.82, 2.24) is 5.32 Å². The molecule has 0 saturated heterocycles. The quantitative estimate of drug-likeness (QED) is 0.499. The van der Waals surface area contributed by atoms with E-state index in [0.29, 0.717) is 24.3 Å². The van der Waals surface area contributed by atoms with Crippen molar-refractivity contribution in [1.29, 1.82) is 0 Å². The molecule has 0 aliphatic carbocycles. The average molecular weight is 389 g/mol. The summed E-state index contributed by atoms with van der Waals surface area (Å²) in [5.74, 6) is 0.0638. The molecule has 6 nitrogen and oxygen atoms in total. The second kappa shape index (κ2) is 10.5. The molecular weight excluding hydrogens is 366 g/mol. The van der Waals surface area contributed by atoms with Crippen molar-refractivity contribution in [2.24, 2.45) is 0 Å². The van der Waals surface area contributed by atoms with Gasteiger partial charge in [-0.25, -0.2) is 0 Å². The van der Waals surface area contributed by atoms with Gasteiger partial charge in [0.2, 0.25) is 11.7 Å². The number of methoxy groups -OCH3 is 1. The van der Waals surface area contributed by atoms with Crippen LogP contribution in [-0.4, -0.2) is 37.9 Å². The molecule has 0 spiro atoms. The smallest absolute Gasteiger partial charge is 0.306 e. The maximum absolute atomic E-state index is 12.1. The Morgan fingerprint density at radius 2 is 1.78 bits per heavy atom. The van der Waals surface area contributed by atoms with Gasteiger partial charge in [0.05, 0.1) is 12.0 Å². The number of esters is 1. The number of hydrogen-bond acceptors (Lipinski definition) is 6. The molecule has 0 aliphatic rings. The first-order valence-electron chi connectivity index (χ1n) is 8.63. The van der Waals surface area contributed by atoms with E-state index in [9.17, 15) is 14.4 Å². The highest BCUT2D eigenvalue weighted by Gasteiger charge is 2.13. The highest BCUT2D eigenvalue weighted by molar-refractivity contribution is 7.14. The number of rotatable bonds is 10. The van der Waals surface area contributed by atoms with Crippen LogP contribution in [0.1, 0.15) is 33.5 Å². The highest BCUT2D eigenvalue weighted by atomic mass is 32.1. The second-order valence-electron chi connectivity index (χ2n) is 5.93. The van der Waals surface area contributed by atoms with Crippen LogP contribution in [0, 0.1) is 0 Å². The van der Waals surface area contributed by atoms with Gasteiger partial charge in [-0.15, -0.1) is 11.3 Å². The summed E-state index contributed by atoms with van der Waals surface area (Å²) in [7, 11) is 1.60. The van der Waals surface area contributed by atoms with E-state index in [2.05, 4.69) is 5.32 Å². The van der Waals surface area contributed by atoms with Gasteiger partial charge in [0, 0.05) is 24.8 Å². The van der Waals surface area contributed by atoms with Crippen molar-refractivity contribution >= 4 is 29.0 Å². The van der Waals surface area contributed by atoms with Crippen molar-refractivity contribution in [2.45, 2.75) is 26.2 Å². The lowest BCUT2D eigenvalue weighted by molar-refractivity contribution is -0.142. The fourth-order valence-electron chi connectivity index (χ4n) is 2.35. The molecule has 0 radical (unpaired) electrons. The van der Waals surface area contributed by atoms with Gasteiger partial charge in [0.1, 0.15) is 5.75 Å². The lowest BCUT2D eigenvalue weighted by atomic mass is 10.1. The van der Waals surface area contributed by atoms with Crippen molar-refractivity contribution < 1.29 is 23.9 Å². The SMILES string of the molecule is COc1ccc(CCC(=O)OCC(=O)c2ccc(CCNC(C)=O)s2)cc1. The minimum Gasteiger partial charge on any atom is -0.497 e. The summed E-state index contributed by atoms with van der Waals surface area (Å²) in [6.07, 6.45) is 1.43. The van der Waals surface area contributed by atoms with Gasteiger partial charge in [0.25, 0.3) is 0 Å². The number of Topliss-reactive ketones (excluding diaryl/α,β-unsaturated/α-hetero) is 1. The molecular formula is C20H23NO5S. The minimum atomic E-state index is -0.401. The first-order chi connectivity index (χ1) is 13.0. The largest absolute Gasteiger partial charge is 0.497 e. The van der Waals surface area contributed by atoms with Gasteiger partial charge in [-0.2, -0.15) is 0 Å². The van der Waals surface area contributed by atoms with E-state index < -0.39 is 5.97 Å². The van der Waals surface area contributed by atoms with Gasteiger partial charge in [-0.3, -0.25) is 14.4 Å². The lowest BCUT2D eigenvalue weighted by Crippen LogP contribution is -2.22. The van der Waals surface area contributed by atoms with Crippen LogP contribution in [0.15, 0.2) is 36.4 Å². The van der Waals surface area contributed by atoms with Crippen LogP contribution >= 0.6 is 11.3 Å². The first-order valence-corrected chi connectivity index (χ1v) is 9.44. The molecule has 0 saturated carbocycles. The zero-order chi connectivity index (χ0) is 19.6. The van der Waals surface area contributed by atoms with Gasteiger partial charge < -0.3 is 14.8 Å². The number of carbonyl (C=O) groups excluding carboxylic acids is 3. The molecule has 1 N–H and O–H groups in total. The normalized spacial score (nSPS) is 10.3. The van der Waals surface area contributed by atoms with Crippen LogP contribution < -0.4 is 10.1 Å². The Morgan fingerprint density at radius 3 is 2.44 bits per heavy atom. The van der Waals surface area contributed by atoms with Gasteiger partial charge in [0.15, 0.2) is 6.61 Å². The van der Waals surface area contributed by atoms with Crippen LogP contribution in [0.25, 0.3) is 0 Å². The lowest BCUT2D eigenvalue weighted by Gasteiger charge is -2.05. The van der Waals surface area contributed by atoms with E-state index in [1.165, 1.54) is 18.3 Å². The number of benzene rings is 1. The Morgan fingerprint density at radius 1 is 1.04 bits per heavy atom. The fraction of sp³-hybridized carbons (Fsp3) is 0.350. The number of ether oxygens (including phenoxy) is 2. The summed E-state index contributed by atoms with van der Waals surface area (Å²) in [5.41, 5.74) is 1.00. The number of carbonyl (C=O) groups is 3. The second-order valence-corrected chi connectivity index (χ2v) is 7.10. The molecule has 27 heavy (non-hydrogen) atoms. The Bertz CT molecular complexity index is 782. The molecule has 1 amide bonds. The third kappa shape index (κ3) is 7.22. The van der Waals surface area contributed by atoms with E-state index in [1.807, 2.05) is 30.3 Å². The van der Waals surface area contributed by atoms with Crippen molar-refractivity contribution in [3.8, 4) is 5.75 Å². The summed E-state index contributed by atoms with van der Waals surface area (Å²) >= 11 is 1.35. The van der Waals surface area contributed by atoms with Crippen LogP contribution in [0.2, 0.25) is 0 Å². The summed E-state index contributed by atoms with van der Waals surface area (Å²) in [6, 6.07) is 11.0. The predicted octanol–water partition coefficient (Wildman–Crippen LogP) is 2.79. The molecule has 2 rings (SSSR count). The predicted molar refractivity (Wildman–Crippen MR) is 103 cm³/mol. The zero-order valence-electron chi connectivity index (χ0n) is 15.4. The molecule has 0 bridgehead atoms. The minimum absolute atomic E-state index is 0.0793. The van der Waals surface area contributed by atoms with Crippen LogP contribution in [0.5, 0.6) is 5.75 Å². The molecule has 7 heteroatoms. The van der Waals surface area contributed by atoms with Gasteiger partial charge >= 0.3 is 5.97 Å². The van der Waals surface area contributed by atoms with E-state index >= 15 is 0 Å². The van der Waals surface area contributed by atoms with E-state index in [4.69, 9.17) is 9.47 Å². The Labute approximate surface area is 162 Å². The Kier molecular flexibility index (Phi) is 8.00. The van der Waals surface area contributed by atoms with Gasteiger partial charge in [-0.1, -0.05) is 12.1 Å². The third-order valence-corrected chi connectivity index (χ3v) is 5.01. The van der Waals surface area contributed by atoms with Crippen LogP contribution in [-0.2, 0) is 27.2 Å². The summed E-state index contributed by atoms with van der Waals surface area (Å²) in [5, 5.41) is 2.71. The third-order valence-electron chi connectivity index (χ3n) is 3.82. The highest BCUT2D eigenvalue weighted by Crippen LogP contribution is 2.18. The van der Waals surface area contributed by atoms with Crippen molar-refractivity contribution in [3.05, 3.63) is 51.7 Å². The van der Waals surface area contributed by atoms with Gasteiger partial charge in [-0.05, 0) is 42.7 Å². The number of thiophene rings is 1.